The molecular weight excluding hydrogens is 292 g/mol. The first-order chi connectivity index (χ1) is 10.1. The standard InChI is InChI=1S/C14H7ClN4O2/c15-11-3-1-2-4-12(11)18-13-5-9(7-16)10(8-17)6-14(13)19(20)21/h1-6,18H. The highest BCUT2D eigenvalue weighted by Gasteiger charge is 2.19. The lowest BCUT2D eigenvalue weighted by atomic mass is 10.1. The normalized spacial score (nSPS) is 9.48. The van der Waals surface area contributed by atoms with Crippen molar-refractivity contribution in [2.75, 3.05) is 5.32 Å². The van der Waals surface area contributed by atoms with E-state index in [0.717, 1.165) is 6.07 Å². The molecule has 0 aromatic heterocycles. The number of rotatable bonds is 3. The molecule has 102 valence electrons. The average molecular weight is 299 g/mol. The van der Waals surface area contributed by atoms with Crippen molar-refractivity contribution in [1.29, 1.82) is 10.5 Å². The van der Waals surface area contributed by atoms with E-state index in [1.165, 1.54) is 6.07 Å². The number of halogens is 1. The molecule has 0 spiro atoms. The Morgan fingerprint density at radius 2 is 1.71 bits per heavy atom. The third-order valence-electron chi connectivity index (χ3n) is 2.72. The highest BCUT2D eigenvalue weighted by Crippen LogP contribution is 2.33. The summed E-state index contributed by atoms with van der Waals surface area (Å²) < 4.78 is 0. The zero-order chi connectivity index (χ0) is 15.4. The molecule has 0 radical (unpaired) electrons. The van der Waals surface area contributed by atoms with Crippen LogP contribution in [0.3, 0.4) is 0 Å². The van der Waals surface area contributed by atoms with Crippen LogP contribution < -0.4 is 5.32 Å². The summed E-state index contributed by atoms with van der Waals surface area (Å²) in [5, 5.41) is 32.2. The fourth-order valence-corrected chi connectivity index (χ4v) is 1.92. The van der Waals surface area contributed by atoms with Gasteiger partial charge in [-0.1, -0.05) is 23.7 Å². The van der Waals surface area contributed by atoms with E-state index in [1.807, 2.05) is 6.07 Å². The van der Waals surface area contributed by atoms with E-state index in [1.54, 1.807) is 30.3 Å². The monoisotopic (exact) mass is 298 g/mol. The van der Waals surface area contributed by atoms with Crippen LogP contribution in [-0.2, 0) is 0 Å². The number of nitrogens with one attached hydrogen (secondary N) is 1. The minimum atomic E-state index is -0.624. The minimum absolute atomic E-state index is 0.0473. The van der Waals surface area contributed by atoms with Gasteiger partial charge in [-0.15, -0.1) is 0 Å². The van der Waals surface area contributed by atoms with Gasteiger partial charge < -0.3 is 5.32 Å². The molecule has 0 aliphatic heterocycles. The second-order valence-corrected chi connectivity index (χ2v) is 4.41. The number of benzene rings is 2. The molecule has 1 N–H and O–H groups in total. The van der Waals surface area contributed by atoms with Crippen LogP contribution in [0, 0.1) is 32.8 Å². The maximum absolute atomic E-state index is 11.1. The van der Waals surface area contributed by atoms with Crippen molar-refractivity contribution in [3.05, 3.63) is 62.7 Å². The van der Waals surface area contributed by atoms with Gasteiger partial charge in [0.25, 0.3) is 5.69 Å². The first kappa shape index (κ1) is 14.3. The Balaban J connectivity index is 2.58. The van der Waals surface area contributed by atoms with Gasteiger partial charge >= 0.3 is 0 Å². The number of nitriles is 2. The summed E-state index contributed by atoms with van der Waals surface area (Å²) >= 11 is 5.99. The van der Waals surface area contributed by atoms with E-state index in [9.17, 15) is 10.1 Å². The van der Waals surface area contributed by atoms with Crippen LogP contribution in [0.15, 0.2) is 36.4 Å². The molecule has 0 unspecified atom stereocenters. The molecule has 0 fully saturated rings. The molecule has 0 heterocycles. The second-order valence-electron chi connectivity index (χ2n) is 4.00. The van der Waals surface area contributed by atoms with Crippen LogP contribution in [0.4, 0.5) is 17.1 Å². The van der Waals surface area contributed by atoms with Gasteiger partial charge in [-0.2, -0.15) is 10.5 Å². The number of nitro benzene ring substituents is 1. The summed E-state index contributed by atoms with van der Waals surface area (Å²) in [6.07, 6.45) is 0. The SMILES string of the molecule is N#Cc1cc(Nc2ccccc2Cl)c([N+](=O)[O-])cc1C#N. The summed E-state index contributed by atoms with van der Waals surface area (Å²) in [6.45, 7) is 0. The predicted molar refractivity (Wildman–Crippen MR) is 77.3 cm³/mol. The third kappa shape index (κ3) is 2.92. The van der Waals surface area contributed by atoms with Gasteiger partial charge in [0.05, 0.1) is 26.8 Å². The maximum atomic E-state index is 11.1. The lowest BCUT2D eigenvalue weighted by Crippen LogP contribution is -2.00. The molecule has 2 rings (SSSR count). The molecule has 6 nitrogen and oxygen atoms in total. The number of nitro groups is 1. The summed E-state index contributed by atoms with van der Waals surface area (Å²) in [6, 6.07) is 12.6. The summed E-state index contributed by atoms with van der Waals surface area (Å²) in [4.78, 5) is 10.5. The molecule has 0 saturated heterocycles. The quantitative estimate of drug-likeness (QED) is 0.687. The highest BCUT2D eigenvalue weighted by atomic mass is 35.5. The summed E-state index contributed by atoms with van der Waals surface area (Å²) in [5.41, 5.74) is 0.275. The fraction of sp³-hybridized carbons (Fsp3) is 0. The van der Waals surface area contributed by atoms with Gasteiger partial charge in [0, 0.05) is 6.07 Å². The first-order valence-corrected chi connectivity index (χ1v) is 6.08. The van der Waals surface area contributed by atoms with Crippen molar-refractivity contribution < 1.29 is 4.92 Å². The van der Waals surface area contributed by atoms with E-state index in [2.05, 4.69) is 5.32 Å². The molecular formula is C14H7ClN4O2. The Morgan fingerprint density at radius 1 is 1.10 bits per heavy atom. The molecule has 0 bridgehead atoms. The summed E-state index contributed by atoms with van der Waals surface area (Å²) in [5.74, 6) is 0. The van der Waals surface area contributed by atoms with Crippen LogP contribution in [0.5, 0.6) is 0 Å². The van der Waals surface area contributed by atoms with Gasteiger partial charge in [-0.3, -0.25) is 10.1 Å². The Bertz CT molecular complexity index is 806. The molecule has 0 saturated carbocycles. The van der Waals surface area contributed by atoms with Crippen LogP contribution in [0.2, 0.25) is 5.02 Å². The van der Waals surface area contributed by atoms with Crippen molar-refractivity contribution in [3.63, 3.8) is 0 Å². The lowest BCUT2D eigenvalue weighted by molar-refractivity contribution is -0.383. The Morgan fingerprint density at radius 3 is 2.29 bits per heavy atom. The van der Waals surface area contributed by atoms with E-state index >= 15 is 0 Å². The highest BCUT2D eigenvalue weighted by molar-refractivity contribution is 6.33. The Labute approximate surface area is 125 Å². The lowest BCUT2D eigenvalue weighted by Gasteiger charge is -2.09. The maximum Gasteiger partial charge on any atom is 0.294 e. The number of nitrogens with zero attached hydrogens (tertiary/aromatic N) is 3. The van der Waals surface area contributed by atoms with Crippen molar-refractivity contribution in [2.24, 2.45) is 0 Å². The van der Waals surface area contributed by atoms with Crippen LogP contribution in [-0.4, -0.2) is 4.92 Å². The van der Waals surface area contributed by atoms with Gasteiger partial charge in [0.1, 0.15) is 17.8 Å². The van der Waals surface area contributed by atoms with E-state index in [4.69, 9.17) is 22.1 Å². The predicted octanol–water partition coefficient (Wildman–Crippen LogP) is 3.74. The molecule has 0 aliphatic carbocycles. The van der Waals surface area contributed by atoms with Gasteiger partial charge in [0.15, 0.2) is 0 Å². The van der Waals surface area contributed by atoms with Crippen molar-refractivity contribution in [3.8, 4) is 12.1 Å². The smallest absolute Gasteiger partial charge is 0.294 e. The molecule has 2 aromatic rings. The van der Waals surface area contributed by atoms with Crippen molar-refractivity contribution >= 4 is 28.7 Å². The Kier molecular flexibility index (Phi) is 4.03. The second kappa shape index (κ2) is 5.91. The number of hydrogen-bond acceptors (Lipinski definition) is 5. The average Bonchev–Trinajstić information content (AvgIpc) is 2.48. The van der Waals surface area contributed by atoms with E-state index in [-0.39, 0.29) is 22.5 Å². The minimum Gasteiger partial charge on any atom is -0.349 e. The third-order valence-corrected chi connectivity index (χ3v) is 3.05. The topological polar surface area (TPSA) is 103 Å². The van der Waals surface area contributed by atoms with E-state index in [0.29, 0.717) is 10.7 Å². The molecule has 7 heteroatoms. The van der Waals surface area contributed by atoms with Crippen LogP contribution >= 0.6 is 11.6 Å². The zero-order valence-corrected chi connectivity index (χ0v) is 11.3. The fourth-order valence-electron chi connectivity index (χ4n) is 1.73. The van der Waals surface area contributed by atoms with Gasteiger partial charge in [0.2, 0.25) is 0 Å². The number of para-hydroxylation sites is 1. The van der Waals surface area contributed by atoms with Crippen LogP contribution in [0.1, 0.15) is 11.1 Å². The molecule has 0 aliphatic rings. The van der Waals surface area contributed by atoms with Crippen molar-refractivity contribution in [1.82, 2.24) is 0 Å². The Hall–Kier alpha value is -3.09. The molecule has 0 atom stereocenters. The van der Waals surface area contributed by atoms with E-state index < -0.39 is 4.92 Å². The zero-order valence-electron chi connectivity index (χ0n) is 10.5. The first-order valence-electron chi connectivity index (χ1n) is 5.71. The largest absolute Gasteiger partial charge is 0.349 e. The number of anilines is 2. The summed E-state index contributed by atoms with van der Waals surface area (Å²) in [7, 11) is 0. The molecule has 2 aromatic carbocycles. The molecule has 0 amide bonds. The van der Waals surface area contributed by atoms with Gasteiger partial charge in [-0.05, 0) is 18.2 Å². The van der Waals surface area contributed by atoms with Crippen LogP contribution in [0.25, 0.3) is 0 Å². The van der Waals surface area contributed by atoms with Crippen molar-refractivity contribution in [2.45, 2.75) is 0 Å². The van der Waals surface area contributed by atoms with Gasteiger partial charge in [-0.25, -0.2) is 0 Å². The molecule has 21 heavy (non-hydrogen) atoms. The number of hydrogen-bond donors (Lipinski definition) is 1.